The number of sulfonamides is 1. The number of primary sulfonamides is 1. The van der Waals surface area contributed by atoms with Crippen LogP contribution in [0.2, 0.25) is 0 Å². The summed E-state index contributed by atoms with van der Waals surface area (Å²) in [6.07, 6.45) is 1.22. The number of anilines is 2. The summed E-state index contributed by atoms with van der Waals surface area (Å²) in [6, 6.07) is 9.49. The maximum atomic E-state index is 14.8. The molecule has 5 rings (SSSR count). The fraction of sp³-hybridized carbons (Fsp3) is 0.208. The number of aromatic nitrogens is 3. The molecule has 0 bridgehead atoms. The molecule has 2 aromatic heterocycles. The van der Waals surface area contributed by atoms with Crippen LogP contribution in [0.4, 0.5) is 15.9 Å². The molecule has 4 aromatic rings. The van der Waals surface area contributed by atoms with Crippen LogP contribution in [-0.2, 0) is 17.1 Å². The number of rotatable bonds is 5. The second-order valence-corrected chi connectivity index (χ2v) is 11.7. The van der Waals surface area contributed by atoms with E-state index in [1.807, 2.05) is 22.6 Å². The molecule has 0 aliphatic heterocycles. The van der Waals surface area contributed by atoms with Crippen LogP contribution in [0, 0.1) is 16.3 Å². The summed E-state index contributed by atoms with van der Waals surface area (Å²) >= 11 is 1.96. The first kappa shape index (κ1) is 25.4. The van der Waals surface area contributed by atoms with Crippen molar-refractivity contribution >= 4 is 55.0 Å². The van der Waals surface area contributed by atoms with E-state index in [2.05, 4.69) is 5.32 Å². The van der Waals surface area contributed by atoms with Gasteiger partial charge >= 0.3 is 5.69 Å². The standard InChI is InChI=1S/C24H21FIN5O5S/c1-12-20-19(21(29(2)22(12)32)28-18-9-6-13(26)10-17(18)25)23(33)31(14-7-8-14)24(34)30(20)15-4-3-5-16(11-15)37(27,35)36/h3-6,9-11,14,28H,7-8H2,1-2H3,(H2,27,35,36). The molecule has 13 heteroatoms. The monoisotopic (exact) mass is 637 g/mol. The predicted octanol–water partition coefficient (Wildman–Crippen LogP) is 2.63. The summed E-state index contributed by atoms with van der Waals surface area (Å²) in [6.45, 7) is 1.47. The van der Waals surface area contributed by atoms with Gasteiger partial charge in [0.2, 0.25) is 10.0 Å². The van der Waals surface area contributed by atoms with Crippen molar-refractivity contribution in [2.75, 3.05) is 5.32 Å². The van der Waals surface area contributed by atoms with E-state index < -0.39 is 32.6 Å². The second kappa shape index (κ2) is 8.92. The highest BCUT2D eigenvalue weighted by Crippen LogP contribution is 2.34. The summed E-state index contributed by atoms with van der Waals surface area (Å²) in [5.74, 6) is -0.591. The van der Waals surface area contributed by atoms with Gasteiger partial charge in [0.1, 0.15) is 17.0 Å². The molecule has 1 aliphatic rings. The topological polar surface area (TPSA) is 138 Å². The van der Waals surface area contributed by atoms with E-state index in [0.717, 1.165) is 9.13 Å². The van der Waals surface area contributed by atoms with Gasteiger partial charge in [-0.1, -0.05) is 6.07 Å². The van der Waals surface area contributed by atoms with Crippen molar-refractivity contribution in [2.45, 2.75) is 30.7 Å². The molecule has 0 spiro atoms. The number of nitrogens with two attached hydrogens (primary N) is 1. The smallest absolute Gasteiger partial charge is 0.336 e. The summed E-state index contributed by atoms with van der Waals surface area (Å²) in [5.41, 5.74) is -1.65. The maximum Gasteiger partial charge on any atom is 0.336 e. The SMILES string of the molecule is Cc1c(=O)n(C)c(Nc2ccc(I)cc2F)c2c(=O)n(C3CC3)c(=O)n(-c3cccc(S(N)(=O)=O)c3)c12. The number of hydrogen-bond acceptors (Lipinski definition) is 6. The number of halogens is 2. The number of nitrogens with zero attached hydrogens (tertiary/aromatic N) is 3. The lowest BCUT2D eigenvalue weighted by molar-refractivity contribution is 0.597. The molecule has 2 aromatic carbocycles. The number of hydrogen-bond donors (Lipinski definition) is 2. The molecule has 2 heterocycles. The Hall–Kier alpha value is -3.30. The van der Waals surface area contributed by atoms with Gasteiger partial charge in [-0.25, -0.2) is 22.7 Å². The van der Waals surface area contributed by atoms with Crippen LogP contribution >= 0.6 is 22.6 Å². The first-order valence-electron chi connectivity index (χ1n) is 11.2. The van der Waals surface area contributed by atoms with Gasteiger partial charge in [0, 0.05) is 22.2 Å². The van der Waals surface area contributed by atoms with Gasteiger partial charge in [-0.2, -0.15) is 0 Å². The minimum atomic E-state index is -4.11. The average Bonchev–Trinajstić information content (AvgIpc) is 3.66. The van der Waals surface area contributed by atoms with Crippen molar-refractivity contribution in [3.63, 3.8) is 0 Å². The van der Waals surface area contributed by atoms with E-state index >= 15 is 0 Å². The predicted molar refractivity (Wildman–Crippen MR) is 146 cm³/mol. The second-order valence-electron chi connectivity index (χ2n) is 8.88. The minimum Gasteiger partial charge on any atom is -0.338 e. The Kier molecular flexibility index (Phi) is 6.11. The molecule has 192 valence electrons. The van der Waals surface area contributed by atoms with Crippen LogP contribution < -0.4 is 27.3 Å². The van der Waals surface area contributed by atoms with Gasteiger partial charge in [-0.15, -0.1) is 0 Å². The van der Waals surface area contributed by atoms with Gasteiger partial charge in [-0.3, -0.25) is 23.3 Å². The van der Waals surface area contributed by atoms with Gasteiger partial charge in [0.15, 0.2) is 0 Å². The first-order chi connectivity index (χ1) is 17.4. The Morgan fingerprint density at radius 1 is 1.08 bits per heavy atom. The van der Waals surface area contributed by atoms with Crippen LogP contribution in [0.1, 0.15) is 24.4 Å². The van der Waals surface area contributed by atoms with Gasteiger partial charge < -0.3 is 5.32 Å². The van der Waals surface area contributed by atoms with Crippen LogP contribution in [0.3, 0.4) is 0 Å². The average molecular weight is 637 g/mol. The summed E-state index contributed by atoms with van der Waals surface area (Å²) < 4.78 is 42.9. The Labute approximate surface area is 223 Å². The Balaban J connectivity index is 1.95. The van der Waals surface area contributed by atoms with Gasteiger partial charge in [0.25, 0.3) is 11.1 Å². The molecule has 0 saturated heterocycles. The maximum absolute atomic E-state index is 14.8. The molecule has 37 heavy (non-hydrogen) atoms. The Morgan fingerprint density at radius 2 is 1.78 bits per heavy atom. The largest absolute Gasteiger partial charge is 0.338 e. The van der Waals surface area contributed by atoms with Crippen LogP contribution in [-0.4, -0.2) is 22.1 Å². The number of aryl methyl sites for hydroxylation is 1. The molecule has 0 unspecified atom stereocenters. The molecular weight excluding hydrogens is 616 g/mol. The van der Waals surface area contributed by atoms with E-state index in [1.165, 1.54) is 54.9 Å². The third-order valence-electron chi connectivity index (χ3n) is 6.34. The van der Waals surface area contributed by atoms with Crippen molar-refractivity contribution < 1.29 is 12.8 Å². The Bertz CT molecular complexity index is 1910. The molecule has 1 saturated carbocycles. The van der Waals surface area contributed by atoms with Crippen molar-refractivity contribution in [1.82, 2.24) is 13.7 Å². The molecule has 3 N–H and O–H groups in total. The van der Waals surface area contributed by atoms with Crippen molar-refractivity contribution in [1.29, 1.82) is 0 Å². The Morgan fingerprint density at radius 3 is 2.41 bits per heavy atom. The number of fused-ring (bicyclic) bond motifs is 1. The fourth-order valence-corrected chi connectivity index (χ4v) is 5.38. The lowest BCUT2D eigenvalue weighted by atomic mass is 10.1. The molecule has 1 aliphatic carbocycles. The zero-order valence-corrected chi connectivity index (χ0v) is 22.6. The van der Waals surface area contributed by atoms with Crippen LogP contribution in [0.15, 0.2) is 61.7 Å². The van der Waals surface area contributed by atoms with E-state index in [4.69, 9.17) is 5.14 Å². The zero-order chi connectivity index (χ0) is 26.8. The summed E-state index contributed by atoms with van der Waals surface area (Å²) in [4.78, 5) is 40.5. The quantitative estimate of drug-likeness (QED) is 0.323. The highest BCUT2D eigenvalue weighted by Gasteiger charge is 2.31. The van der Waals surface area contributed by atoms with E-state index in [0.29, 0.717) is 16.4 Å². The first-order valence-corrected chi connectivity index (χ1v) is 13.8. The lowest BCUT2D eigenvalue weighted by Gasteiger charge is -2.20. The molecule has 10 nitrogen and oxygen atoms in total. The van der Waals surface area contributed by atoms with Gasteiger partial charge in [0.05, 0.1) is 21.8 Å². The van der Waals surface area contributed by atoms with Crippen molar-refractivity contribution in [3.05, 3.63) is 88.6 Å². The summed E-state index contributed by atoms with van der Waals surface area (Å²) in [5, 5.41) is 8.18. The van der Waals surface area contributed by atoms with Crippen LogP contribution in [0.25, 0.3) is 16.6 Å². The zero-order valence-electron chi connectivity index (χ0n) is 19.7. The van der Waals surface area contributed by atoms with Crippen molar-refractivity contribution in [3.8, 4) is 5.69 Å². The molecule has 1 fully saturated rings. The highest BCUT2D eigenvalue weighted by atomic mass is 127. The minimum absolute atomic E-state index is 0.00135. The third-order valence-corrected chi connectivity index (χ3v) is 7.93. The number of nitrogens with one attached hydrogen (secondary N) is 1. The number of pyridine rings is 1. The fourth-order valence-electron chi connectivity index (χ4n) is 4.37. The van der Waals surface area contributed by atoms with E-state index in [1.54, 1.807) is 6.07 Å². The molecular formula is C24H21FIN5O5S. The van der Waals surface area contributed by atoms with Gasteiger partial charge in [-0.05, 0) is 78.8 Å². The van der Waals surface area contributed by atoms with Crippen LogP contribution in [0.5, 0.6) is 0 Å². The number of benzene rings is 2. The summed E-state index contributed by atoms with van der Waals surface area (Å²) in [7, 11) is -2.66. The molecule has 0 radical (unpaired) electrons. The lowest BCUT2D eigenvalue weighted by Crippen LogP contribution is -2.41. The molecule has 0 atom stereocenters. The van der Waals surface area contributed by atoms with E-state index in [9.17, 15) is 27.2 Å². The molecule has 0 amide bonds. The highest BCUT2D eigenvalue weighted by molar-refractivity contribution is 14.1. The van der Waals surface area contributed by atoms with Crippen molar-refractivity contribution in [2.24, 2.45) is 12.2 Å². The normalized spacial score (nSPS) is 13.8. The third kappa shape index (κ3) is 4.30. The van der Waals surface area contributed by atoms with E-state index in [-0.39, 0.29) is 44.6 Å².